The average Bonchev–Trinajstić information content (AvgIpc) is 2.66. The van der Waals surface area contributed by atoms with Gasteiger partial charge in [-0.15, -0.1) is 0 Å². The summed E-state index contributed by atoms with van der Waals surface area (Å²) in [4.78, 5) is 24.2. The van der Waals surface area contributed by atoms with Crippen molar-refractivity contribution in [3.63, 3.8) is 0 Å². The summed E-state index contributed by atoms with van der Waals surface area (Å²) in [6.45, 7) is 2.91. The van der Waals surface area contributed by atoms with E-state index in [2.05, 4.69) is 0 Å². The molecule has 4 nitrogen and oxygen atoms in total. The van der Waals surface area contributed by atoms with Crippen molar-refractivity contribution in [1.29, 1.82) is 0 Å². The fourth-order valence-corrected chi connectivity index (χ4v) is 1.76. The summed E-state index contributed by atoms with van der Waals surface area (Å²) in [7, 11) is 0. The van der Waals surface area contributed by atoms with Crippen molar-refractivity contribution in [2.45, 2.75) is 19.8 Å². The van der Waals surface area contributed by atoms with Crippen LogP contribution < -0.4 is 9.64 Å². The normalized spacial score (nSPS) is 15.5. The highest BCUT2D eigenvalue weighted by molar-refractivity contribution is 6.15. The van der Waals surface area contributed by atoms with E-state index in [1.54, 1.807) is 0 Å². The van der Waals surface area contributed by atoms with Gasteiger partial charge in [-0.05, 0) is 30.7 Å². The Balaban J connectivity index is 2.07. The number of carbonyl (C=O) groups excluding carboxylic acids is 2. The zero-order chi connectivity index (χ0) is 12.3. The van der Waals surface area contributed by atoms with Crippen molar-refractivity contribution in [1.82, 2.24) is 0 Å². The third-order valence-corrected chi connectivity index (χ3v) is 2.61. The van der Waals surface area contributed by atoms with E-state index >= 15 is 0 Å². The van der Waals surface area contributed by atoms with Crippen LogP contribution in [-0.4, -0.2) is 24.8 Å². The number of hydrogen-bond donors (Lipinski definition) is 0. The molecule has 1 aliphatic rings. The van der Waals surface area contributed by atoms with Gasteiger partial charge in [0.05, 0.1) is 19.6 Å². The Morgan fingerprint density at radius 1 is 1.24 bits per heavy atom. The highest BCUT2D eigenvalue weighted by Crippen LogP contribution is 2.22. The van der Waals surface area contributed by atoms with Crippen LogP contribution in [0.3, 0.4) is 0 Å². The van der Waals surface area contributed by atoms with E-state index in [1.165, 1.54) is 4.90 Å². The van der Waals surface area contributed by atoms with Gasteiger partial charge in [0.15, 0.2) is 5.78 Å². The smallest absolute Gasteiger partial charge is 0.234 e. The first-order valence-electron chi connectivity index (χ1n) is 5.75. The van der Waals surface area contributed by atoms with Gasteiger partial charge in [0, 0.05) is 5.69 Å². The Morgan fingerprint density at radius 2 is 1.94 bits per heavy atom. The monoisotopic (exact) mass is 233 g/mol. The first-order chi connectivity index (χ1) is 8.20. The number of ketones is 1. The quantitative estimate of drug-likeness (QED) is 0.745. The molecule has 0 unspecified atom stereocenters. The summed E-state index contributed by atoms with van der Waals surface area (Å²) in [6.07, 6.45) is 0.981. The molecule has 2 rings (SSSR count). The number of Topliss-reactive ketones (excluding diaryl/α,β-unsaturated/α-hetero) is 1. The second-order valence-corrected chi connectivity index (χ2v) is 4.04. The van der Waals surface area contributed by atoms with Crippen molar-refractivity contribution in [3.05, 3.63) is 24.3 Å². The molecule has 1 aromatic carbocycles. The Hall–Kier alpha value is -1.84. The number of anilines is 1. The van der Waals surface area contributed by atoms with Gasteiger partial charge in [-0.3, -0.25) is 9.59 Å². The minimum Gasteiger partial charge on any atom is -0.494 e. The third-order valence-electron chi connectivity index (χ3n) is 2.61. The van der Waals surface area contributed by atoms with Crippen molar-refractivity contribution < 1.29 is 14.3 Å². The summed E-state index contributed by atoms with van der Waals surface area (Å²) in [5.74, 6) is 0.632. The lowest BCUT2D eigenvalue weighted by Crippen LogP contribution is -2.24. The lowest BCUT2D eigenvalue weighted by atomic mass is 10.3. The molecule has 1 saturated heterocycles. The van der Waals surface area contributed by atoms with Crippen LogP contribution >= 0.6 is 0 Å². The summed E-state index contributed by atoms with van der Waals surface area (Å²) in [5, 5.41) is 0. The number of nitrogens with zero attached hydrogens (tertiary/aromatic N) is 1. The number of benzene rings is 1. The maximum Gasteiger partial charge on any atom is 0.234 e. The molecule has 4 heteroatoms. The molecule has 0 spiro atoms. The van der Waals surface area contributed by atoms with Crippen LogP contribution in [0.5, 0.6) is 5.75 Å². The summed E-state index contributed by atoms with van der Waals surface area (Å²) in [5.41, 5.74) is 0.754. The van der Waals surface area contributed by atoms with Gasteiger partial charge in [-0.2, -0.15) is 0 Å². The Bertz CT molecular complexity index is 425. The van der Waals surface area contributed by atoms with E-state index in [9.17, 15) is 9.59 Å². The predicted octanol–water partition coefficient (Wildman–Crippen LogP) is 1.78. The Morgan fingerprint density at radius 3 is 2.47 bits per heavy atom. The Kier molecular flexibility index (Phi) is 3.42. The minimum atomic E-state index is -0.128. The molecule has 90 valence electrons. The standard InChI is InChI=1S/C13H15NO3/c1-2-7-17-12-5-3-10(4-6-12)14-9-11(15)8-13(14)16/h3-6H,2,7-9H2,1H3. The zero-order valence-electron chi connectivity index (χ0n) is 9.81. The maximum absolute atomic E-state index is 11.5. The highest BCUT2D eigenvalue weighted by atomic mass is 16.5. The van der Waals surface area contributed by atoms with Gasteiger partial charge >= 0.3 is 0 Å². The summed E-state index contributed by atoms with van der Waals surface area (Å²) in [6, 6.07) is 7.26. The number of amides is 1. The molecular weight excluding hydrogens is 218 g/mol. The first kappa shape index (κ1) is 11.6. The highest BCUT2D eigenvalue weighted by Gasteiger charge is 2.28. The maximum atomic E-state index is 11.5. The number of carbonyl (C=O) groups is 2. The van der Waals surface area contributed by atoms with E-state index in [0.717, 1.165) is 17.9 Å². The van der Waals surface area contributed by atoms with Crippen molar-refractivity contribution in [2.24, 2.45) is 0 Å². The number of hydrogen-bond acceptors (Lipinski definition) is 3. The van der Waals surface area contributed by atoms with Crippen LogP contribution in [0.25, 0.3) is 0 Å². The van der Waals surface area contributed by atoms with Crippen LogP contribution in [0.15, 0.2) is 24.3 Å². The lowest BCUT2D eigenvalue weighted by Gasteiger charge is -2.15. The molecule has 0 bridgehead atoms. The van der Waals surface area contributed by atoms with Crippen LogP contribution in [0, 0.1) is 0 Å². The Labute approximate surface area is 100 Å². The largest absolute Gasteiger partial charge is 0.494 e. The van der Waals surface area contributed by atoms with Gasteiger partial charge in [-0.1, -0.05) is 6.92 Å². The van der Waals surface area contributed by atoms with Crippen LogP contribution in [-0.2, 0) is 9.59 Å². The third kappa shape index (κ3) is 2.64. The fraction of sp³-hybridized carbons (Fsp3) is 0.385. The van der Waals surface area contributed by atoms with E-state index in [0.29, 0.717) is 6.61 Å². The molecule has 1 amide bonds. The molecule has 17 heavy (non-hydrogen) atoms. The molecule has 0 radical (unpaired) electrons. The van der Waals surface area contributed by atoms with Crippen molar-refractivity contribution in [2.75, 3.05) is 18.1 Å². The number of rotatable bonds is 4. The summed E-state index contributed by atoms with van der Waals surface area (Å²) < 4.78 is 5.45. The SMILES string of the molecule is CCCOc1ccc(N2CC(=O)CC2=O)cc1. The molecule has 0 aliphatic carbocycles. The first-order valence-corrected chi connectivity index (χ1v) is 5.75. The molecular formula is C13H15NO3. The van der Waals surface area contributed by atoms with Crippen LogP contribution in [0.2, 0.25) is 0 Å². The molecule has 0 aromatic heterocycles. The lowest BCUT2D eigenvalue weighted by molar-refractivity contribution is -0.121. The molecule has 0 atom stereocenters. The van der Waals surface area contributed by atoms with E-state index < -0.39 is 0 Å². The van der Waals surface area contributed by atoms with Crippen LogP contribution in [0.4, 0.5) is 5.69 Å². The van der Waals surface area contributed by atoms with Crippen molar-refractivity contribution in [3.8, 4) is 5.75 Å². The van der Waals surface area contributed by atoms with Gasteiger partial charge in [0.1, 0.15) is 5.75 Å². The topological polar surface area (TPSA) is 46.6 Å². The fourth-order valence-electron chi connectivity index (χ4n) is 1.76. The van der Waals surface area contributed by atoms with E-state index in [-0.39, 0.29) is 24.7 Å². The predicted molar refractivity (Wildman–Crippen MR) is 64.2 cm³/mol. The zero-order valence-corrected chi connectivity index (χ0v) is 9.81. The summed E-state index contributed by atoms with van der Waals surface area (Å²) >= 11 is 0. The van der Waals surface area contributed by atoms with E-state index in [1.807, 2.05) is 31.2 Å². The van der Waals surface area contributed by atoms with Crippen LogP contribution in [0.1, 0.15) is 19.8 Å². The molecule has 0 N–H and O–H groups in total. The van der Waals surface area contributed by atoms with Gasteiger partial charge in [0.25, 0.3) is 0 Å². The average molecular weight is 233 g/mol. The number of ether oxygens (including phenoxy) is 1. The second kappa shape index (κ2) is 4.99. The van der Waals surface area contributed by atoms with E-state index in [4.69, 9.17) is 4.74 Å². The van der Waals surface area contributed by atoms with Gasteiger partial charge in [0.2, 0.25) is 5.91 Å². The molecule has 1 heterocycles. The minimum absolute atomic E-state index is 0.0219. The molecule has 0 saturated carbocycles. The second-order valence-electron chi connectivity index (χ2n) is 4.04. The van der Waals surface area contributed by atoms with Gasteiger partial charge < -0.3 is 9.64 Å². The van der Waals surface area contributed by atoms with Crippen molar-refractivity contribution >= 4 is 17.4 Å². The molecule has 1 aliphatic heterocycles. The molecule has 1 fully saturated rings. The van der Waals surface area contributed by atoms with Gasteiger partial charge in [-0.25, -0.2) is 0 Å². The molecule has 1 aromatic rings.